The SMILES string of the molecule is Cc1cc([C@@H]2[C@H](c3ccccn3)N=C3S[C@H](C)CN32)c(C)n1C(C)C. The van der Waals surface area contributed by atoms with Crippen molar-refractivity contribution >= 4 is 16.9 Å². The number of aliphatic imine (C=N–C) groups is 1. The van der Waals surface area contributed by atoms with Crippen LogP contribution in [0, 0.1) is 13.8 Å². The standard InChI is InChI=1S/C20H26N4S/c1-12(2)24-13(3)10-16(15(24)5)19-18(17-8-6-7-9-21-17)22-20-23(19)11-14(4)25-20/h6-10,12,14,18-19H,11H2,1-5H3/t14-,18+,19-/m1/s1. The van der Waals surface area contributed by atoms with Crippen LogP contribution >= 0.6 is 11.8 Å². The van der Waals surface area contributed by atoms with Crippen molar-refractivity contribution in [1.29, 1.82) is 0 Å². The van der Waals surface area contributed by atoms with E-state index in [-0.39, 0.29) is 12.1 Å². The van der Waals surface area contributed by atoms with E-state index in [0.717, 1.165) is 12.2 Å². The third kappa shape index (κ3) is 2.69. The topological polar surface area (TPSA) is 33.4 Å². The smallest absolute Gasteiger partial charge is 0.160 e. The second kappa shape index (κ2) is 6.20. The Morgan fingerprint density at radius 1 is 1.24 bits per heavy atom. The summed E-state index contributed by atoms with van der Waals surface area (Å²) in [7, 11) is 0. The zero-order chi connectivity index (χ0) is 17.7. The largest absolute Gasteiger partial charge is 0.346 e. The number of thioether (sulfide) groups is 1. The van der Waals surface area contributed by atoms with Crippen LogP contribution in [0.15, 0.2) is 35.5 Å². The van der Waals surface area contributed by atoms with Crippen LogP contribution in [0.2, 0.25) is 0 Å². The van der Waals surface area contributed by atoms with Crippen LogP contribution in [0.25, 0.3) is 0 Å². The molecule has 132 valence electrons. The molecule has 0 amide bonds. The number of amidine groups is 1. The number of pyridine rings is 1. The normalized spacial score (nSPS) is 25.6. The quantitative estimate of drug-likeness (QED) is 0.803. The highest BCUT2D eigenvalue weighted by Crippen LogP contribution is 2.48. The highest BCUT2D eigenvalue weighted by atomic mass is 32.2. The molecule has 0 saturated carbocycles. The maximum Gasteiger partial charge on any atom is 0.160 e. The molecule has 2 aliphatic rings. The van der Waals surface area contributed by atoms with Gasteiger partial charge in [0, 0.05) is 35.4 Å². The zero-order valence-corrected chi connectivity index (χ0v) is 16.4. The van der Waals surface area contributed by atoms with Crippen LogP contribution in [0.3, 0.4) is 0 Å². The summed E-state index contributed by atoms with van der Waals surface area (Å²) in [6.45, 7) is 12.3. The summed E-state index contributed by atoms with van der Waals surface area (Å²) in [5, 5.41) is 1.78. The van der Waals surface area contributed by atoms with Gasteiger partial charge in [0.05, 0.1) is 11.7 Å². The van der Waals surface area contributed by atoms with Crippen molar-refractivity contribution in [3.63, 3.8) is 0 Å². The minimum atomic E-state index is 0.0808. The third-order valence-electron chi connectivity index (χ3n) is 5.24. The zero-order valence-electron chi connectivity index (χ0n) is 15.6. The molecule has 0 radical (unpaired) electrons. The van der Waals surface area contributed by atoms with Gasteiger partial charge in [-0.2, -0.15) is 0 Å². The van der Waals surface area contributed by atoms with Crippen molar-refractivity contribution in [1.82, 2.24) is 14.5 Å². The number of nitrogens with zero attached hydrogens (tertiary/aromatic N) is 4. The number of hydrogen-bond acceptors (Lipinski definition) is 4. The van der Waals surface area contributed by atoms with Gasteiger partial charge in [0.25, 0.3) is 0 Å². The molecule has 1 saturated heterocycles. The van der Waals surface area contributed by atoms with Crippen molar-refractivity contribution in [3.8, 4) is 0 Å². The lowest BCUT2D eigenvalue weighted by Gasteiger charge is -2.27. The highest BCUT2D eigenvalue weighted by molar-refractivity contribution is 8.14. The van der Waals surface area contributed by atoms with Crippen LogP contribution in [0.5, 0.6) is 0 Å². The summed E-state index contributed by atoms with van der Waals surface area (Å²) in [6.07, 6.45) is 1.88. The number of aromatic nitrogens is 2. The van der Waals surface area contributed by atoms with E-state index >= 15 is 0 Å². The molecule has 1 fully saturated rings. The van der Waals surface area contributed by atoms with Crippen molar-refractivity contribution in [2.45, 2.75) is 58.0 Å². The van der Waals surface area contributed by atoms with E-state index in [0.29, 0.717) is 11.3 Å². The van der Waals surface area contributed by atoms with E-state index in [1.807, 2.05) is 24.0 Å². The van der Waals surface area contributed by atoms with Gasteiger partial charge in [-0.05, 0) is 51.5 Å². The highest BCUT2D eigenvalue weighted by Gasteiger charge is 2.44. The van der Waals surface area contributed by atoms with Crippen molar-refractivity contribution in [2.24, 2.45) is 4.99 Å². The van der Waals surface area contributed by atoms with Crippen LogP contribution in [0.4, 0.5) is 0 Å². The molecule has 2 aliphatic heterocycles. The van der Waals surface area contributed by atoms with E-state index in [9.17, 15) is 0 Å². The fraction of sp³-hybridized carbons (Fsp3) is 0.500. The Kier molecular flexibility index (Phi) is 4.14. The van der Waals surface area contributed by atoms with E-state index in [1.54, 1.807) is 0 Å². The van der Waals surface area contributed by atoms with Gasteiger partial charge in [-0.25, -0.2) is 0 Å². The summed E-state index contributed by atoms with van der Waals surface area (Å²) in [4.78, 5) is 12.2. The summed E-state index contributed by atoms with van der Waals surface area (Å²) < 4.78 is 2.44. The number of rotatable bonds is 3. The molecule has 4 rings (SSSR count). The van der Waals surface area contributed by atoms with Crippen LogP contribution in [-0.2, 0) is 0 Å². The molecular formula is C20H26N4S. The van der Waals surface area contributed by atoms with Crippen LogP contribution in [-0.4, -0.2) is 31.4 Å². The van der Waals surface area contributed by atoms with Gasteiger partial charge in [-0.15, -0.1) is 0 Å². The van der Waals surface area contributed by atoms with Crippen LogP contribution in [0.1, 0.15) is 61.5 Å². The molecule has 5 heteroatoms. The van der Waals surface area contributed by atoms with Crippen molar-refractivity contribution in [2.75, 3.05) is 6.54 Å². The average molecular weight is 355 g/mol. The second-order valence-electron chi connectivity index (χ2n) is 7.43. The molecule has 2 aromatic heterocycles. The van der Waals surface area contributed by atoms with Gasteiger partial charge in [-0.3, -0.25) is 9.98 Å². The Balaban J connectivity index is 1.82. The summed E-state index contributed by atoms with van der Waals surface area (Å²) in [6, 6.07) is 9.31. The van der Waals surface area contributed by atoms with E-state index in [4.69, 9.17) is 4.99 Å². The van der Waals surface area contributed by atoms with E-state index in [2.05, 4.69) is 67.3 Å². The Morgan fingerprint density at radius 2 is 2.04 bits per heavy atom. The fourth-order valence-electron chi connectivity index (χ4n) is 4.35. The molecule has 0 aromatic carbocycles. The van der Waals surface area contributed by atoms with E-state index in [1.165, 1.54) is 22.1 Å². The third-order valence-corrected chi connectivity index (χ3v) is 6.34. The first-order chi connectivity index (χ1) is 12.0. The van der Waals surface area contributed by atoms with Gasteiger partial charge in [0.15, 0.2) is 5.17 Å². The second-order valence-corrected chi connectivity index (χ2v) is 8.83. The van der Waals surface area contributed by atoms with Gasteiger partial charge >= 0.3 is 0 Å². The van der Waals surface area contributed by atoms with Crippen LogP contribution < -0.4 is 0 Å². The molecule has 0 aliphatic carbocycles. The van der Waals surface area contributed by atoms with E-state index < -0.39 is 0 Å². The first kappa shape index (κ1) is 16.7. The lowest BCUT2D eigenvalue weighted by Crippen LogP contribution is -2.29. The predicted octanol–water partition coefficient (Wildman–Crippen LogP) is 4.67. The average Bonchev–Trinajstić information content (AvgIpc) is 3.18. The molecule has 2 aromatic rings. The predicted molar refractivity (Wildman–Crippen MR) is 105 cm³/mol. The number of aryl methyl sites for hydroxylation is 1. The molecule has 0 N–H and O–H groups in total. The lowest BCUT2D eigenvalue weighted by molar-refractivity contribution is 0.319. The minimum absolute atomic E-state index is 0.0808. The molecule has 0 unspecified atom stereocenters. The molecule has 3 atom stereocenters. The lowest BCUT2D eigenvalue weighted by atomic mass is 9.96. The first-order valence-corrected chi connectivity index (χ1v) is 9.95. The Morgan fingerprint density at radius 3 is 2.68 bits per heavy atom. The first-order valence-electron chi connectivity index (χ1n) is 9.07. The molecule has 0 spiro atoms. The summed E-state index contributed by atoms with van der Waals surface area (Å²) >= 11 is 1.90. The molecule has 25 heavy (non-hydrogen) atoms. The van der Waals surface area contributed by atoms with Gasteiger partial charge in [0.1, 0.15) is 6.04 Å². The molecule has 0 bridgehead atoms. The monoisotopic (exact) mass is 354 g/mol. The van der Waals surface area contributed by atoms with Gasteiger partial charge < -0.3 is 9.47 Å². The van der Waals surface area contributed by atoms with Gasteiger partial charge in [0.2, 0.25) is 0 Å². The number of fused-ring (bicyclic) bond motifs is 1. The molecular weight excluding hydrogens is 328 g/mol. The molecule has 4 heterocycles. The number of hydrogen-bond donors (Lipinski definition) is 0. The fourth-order valence-corrected chi connectivity index (χ4v) is 5.44. The maximum absolute atomic E-state index is 5.09. The minimum Gasteiger partial charge on any atom is -0.346 e. The van der Waals surface area contributed by atoms with Crippen molar-refractivity contribution < 1.29 is 0 Å². The Bertz CT molecular complexity index is 809. The van der Waals surface area contributed by atoms with Crippen molar-refractivity contribution in [3.05, 3.63) is 53.1 Å². The Labute approximate surface area is 154 Å². The van der Waals surface area contributed by atoms with Gasteiger partial charge in [-0.1, -0.05) is 24.8 Å². The summed E-state index contributed by atoms with van der Waals surface area (Å²) in [5.41, 5.74) is 5.15. The summed E-state index contributed by atoms with van der Waals surface area (Å²) in [5.74, 6) is 0. The Hall–Kier alpha value is -1.75. The molecule has 4 nitrogen and oxygen atoms in total. The maximum atomic E-state index is 5.09.